The predicted molar refractivity (Wildman–Crippen MR) is 81.9 cm³/mol. The number of hydrogen-bond acceptors (Lipinski definition) is 4. The van der Waals surface area contributed by atoms with E-state index in [4.69, 9.17) is 5.73 Å². The summed E-state index contributed by atoms with van der Waals surface area (Å²) in [6.45, 7) is 3.56. The van der Waals surface area contributed by atoms with Crippen molar-refractivity contribution in [2.24, 2.45) is 11.7 Å². The van der Waals surface area contributed by atoms with E-state index in [-0.39, 0.29) is 11.4 Å². The third kappa shape index (κ3) is 3.82. The molecule has 0 bridgehead atoms. The minimum Gasteiger partial charge on any atom is -0.320 e. The van der Waals surface area contributed by atoms with Gasteiger partial charge in [0.05, 0.1) is 6.54 Å². The summed E-state index contributed by atoms with van der Waals surface area (Å²) in [6, 6.07) is 1.57. The maximum absolute atomic E-state index is 12.6. The predicted octanol–water partition coefficient (Wildman–Crippen LogP) is 1.20. The fourth-order valence-electron chi connectivity index (χ4n) is 2.59. The van der Waals surface area contributed by atoms with E-state index in [1.807, 2.05) is 0 Å². The van der Waals surface area contributed by atoms with Gasteiger partial charge in [-0.1, -0.05) is 25.2 Å². The Kier molecular flexibility index (Phi) is 5.34. The minimum atomic E-state index is -3.47. The third-order valence-corrected chi connectivity index (χ3v) is 5.46. The van der Waals surface area contributed by atoms with Gasteiger partial charge in [-0.05, 0) is 24.8 Å². The molecule has 1 aromatic heterocycles. The molecule has 1 aliphatic rings. The van der Waals surface area contributed by atoms with Crippen LogP contribution in [0.5, 0.6) is 0 Å². The van der Waals surface area contributed by atoms with Crippen LogP contribution in [0, 0.1) is 17.8 Å². The molecule has 1 aliphatic heterocycles. The molecule has 2 rings (SSSR count). The highest BCUT2D eigenvalue weighted by Gasteiger charge is 2.32. The fraction of sp³-hybridized carbons (Fsp3) is 0.533. The molecule has 5 nitrogen and oxygen atoms in total. The number of rotatable bonds is 4. The fourth-order valence-corrected chi connectivity index (χ4v) is 4.11. The summed E-state index contributed by atoms with van der Waals surface area (Å²) in [6.07, 6.45) is 6.03. The molecule has 6 heteroatoms. The molecule has 0 aliphatic carbocycles. The van der Waals surface area contributed by atoms with E-state index in [0.717, 1.165) is 19.3 Å². The van der Waals surface area contributed by atoms with Gasteiger partial charge in [-0.25, -0.2) is 8.42 Å². The van der Waals surface area contributed by atoms with Crippen LogP contribution >= 0.6 is 0 Å². The number of nitrogens with zero attached hydrogens (tertiary/aromatic N) is 2. The zero-order valence-electron chi connectivity index (χ0n) is 12.2. The van der Waals surface area contributed by atoms with Crippen molar-refractivity contribution in [2.75, 3.05) is 19.6 Å². The Morgan fingerprint density at radius 1 is 1.48 bits per heavy atom. The summed E-state index contributed by atoms with van der Waals surface area (Å²) in [7, 11) is -3.47. The highest BCUT2D eigenvalue weighted by molar-refractivity contribution is 7.89. The Hall–Kier alpha value is -1.42. The molecule has 0 aromatic carbocycles. The van der Waals surface area contributed by atoms with Gasteiger partial charge in [-0.2, -0.15) is 4.31 Å². The zero-order valence-corrected chi connectivity index (χ0v) is 13.1. The molecule has 1 fully saturated rings. The Bertz CT molecular complexity index is 646. The van der Waals surface area contributed by atoms with Gasteiger partial charge in [0.25, 0.3) is 0 Å². The van der Waals surface area contributed by atoms with Gasteiger partial charge in [-0.15, -0.1) is 0 Å². The second kappa shape index (κ2) is 7.03. The van der Waals surface area contributed by atoms with Crippen molar-refractivity contribution in [2.45, 2.75) is 31.1 Å². The van der Waals surface area contributed by atoms with Crippen molar-refractivity contribution in [3.8, 4) is 11.8 Å². The van der Waals surface area contributed by atoms with Gasteiger partial charge in [0, 0.05) is 31.0 Å². The zero-order chi connectivity index (χ0) is 15.3. The van der Waals surface area contributed by atoms with E-state index in [1.165, 1.54) is 6.20 Å². The lowest BCUT2D eigenvalue weighted by molar-refractivity contribution is 0.444. The molecule has 1 unspecified atom stereocenters. The molecule has 0 saturated carbocycles. The molecule has 0 radical (unpaired) electrons. The molecule has 0 spiro atoms. The lowest BCUT2D eigenvalue weighted by Crippen LogP contribution is -2.29. The normalized spacial score (nSPS) is 19.2. The average molecular weight is 307 g/mol. The summed E-state index contributed by atoms with van der Waals surface area (Å²) < 4.78 is 26.8. The van der Waals surface area contributed by atoms with Crippen LogP contribution in [0.25, 0.3) is 0 Å². The van der Waals surface area contributed by atoms with Gasteiger partial charge < -0.3 is 5.73 Å². The molecule has 2 heterocycles. The van der Waals surface area contributed by atoms with Gasteiger partial charge >= 0.3 is 0 Å². The minimum absolute atomic E-state index is 0.212. The average Bonchev–Trinajstić information content (AvgIpc) is 2.95. The first kappa shape index (κ1) is 16.0. The molecule has 1 aromatic rings. The van der Waals surface area contributed by atoms with Crippen LogP contribution in [0.2, 0.25) is 0 Å². The highest BCUT2D eigenvalue weighted by atomic mass is 32.2. The van der Waals surface area contributed by atoms with E-state index in [2.05, 4.69) is 23.7 Å². The van der Waals surface area contributed by atoms with Gasteiger partial charge in [0.15, 0.2) is 0 Å². The Morgan fingerprint density at radius 3 is 3.00 bits per heavy atom. The first-order chi connectivity index (χ1) is 10.1. The van der Waals surface area contributed by atoms with Crippen molar-refractivity contribution in [1.29, 1.82) is 0 Å². The van der Waals surface area contributed by atoms with E-state index in [0.29, 0.717) is 24.6 Å². The summed E-state index contributed by atoms with van der Waals surface area (Å²) in [5.74, 6) is 5.99. The van der Waals surface area contributed by atoms with Crippen LogP contribution < -0.4 is 5.73 Å². The number of hydrogen-bond donors (Lipinski definition) is 1. The molecule has 0 amide bonds. The van der Waals surface area contributed by atoms with E-state index in [9.17, 15) is 8.42 Å². The van der Waals surface area contributed by atoms with Crippen LogP contribution in [0.3, 0.4) is 0 Å². The standard InChI is InChI=1S/C15H21N3O2S/c1-2-4-13-6-8-18(12-13)21(19,20)15-9-14(5-3-7-16)10-17-11-15/h9-11,13H,2,4,6-8,12,16H2,1H3. The Morgan fingerprint density at radius 2 is 2.29 bits per heavy atom. The third-order valence-electron chi connectivity index (χ3n) is 3.63. The van der Waals surface area contributed by atoms with Crippen LogP contribution in [0.15, 0.2) is 23.4 Å². The number of sulfonamides is 1. The quantitative estimate of drug-likeness (QED) is 0.848. The molecular formula is C15H21N3O2S. The second-order valence-corrected chi connectivity index (χ2v) is 7.16. The summed E-state index contributed by atoms with van der Waals surface area (Å²) in [5, 5.41) is 0. The SMILES string of the molecule is CCCC1CCN(S(=O)(=O)c2cncc(C#CCN)c2)C1. The van der Waals surface area contributed by atoms with Crippen molar-refractivity contribution in [1.82, 2.24) is 9.29 Å². The van der Waals surface area contributed by atoms with Gasteiger partial charge in [0.1, 0.15) is 4.90 Å². The lowest BCUT2D eigenvalue weighted by Gasteiger charge is -2.16. The number of nitrogens with two attached hydrogens (primary N) is 1. The van der Waals surface area contributed by atoms with E-state index < -0.39 is 10.0 Å². The van der Waals surface area contributed by atoms with Crippen LogP contribution in [-0.2, 0) is 10.0 Å². The van der Waals surface area contributed by atoms with Crippen molar-refractivity contribution in [3.63, 3.8) is 0 Å². The first-order valence-electron chi connectivity index (χ1n) is 7.22. The van der Waals surface area contributed by atoms with E-state index >= 15 is 0 Å². The first-order valence-corrected chi connectivity index (χ1v) is 8.66. The largest absolute Gasteiger partial charge is 0.320 e. The van der Waals surface area contributed by atoms with Crippen LogP contribution in [0.1, 0.15) is 31.7 Å². The number of pyridine rings is 1. The maximum Gasteiger partial charge on any atom is 0.244 e. The lowest BCUT2D eigenvalue weighted by atomic mass is 10.0. The molecule has 114 valence electrons. The summed E-state index contributed by atoms with van der Waals surface area (Å²) >= 11 is 0. The number of aromatic nitrogens is 1. The van der Waals surface area contributed by atoms with Crippen LogP contribution in [-0.4, -0.2) is 37.3 Å². The van der Waals surface area contributed by atoms with Gasteiger partial charge in [0.2, 0.25) is 10.0 Å². The summed E-state index contributed by atoms with van der Waals surface area (Å²) in [5.41, 5.74) is 5.90. The smallest absolute Gasteiger partial charge is 0.244 e. The molecule has 1 atom stereocenters. The summed E-state index contributed by atoms with van der Waals surface area (Å²) in [4.78, 5) is 4.19. The van der Waals surface area contributed by atoms with Crippen molar-refractivity contribution < 1.29 is 8.42 Å². The Labute approximate surface area is 126 Å². The second-order valence-electron chi connectivity index (χ2n) is 5.22. The molecule has 2 N–H and O–H groups in total. The topological polar surface area (TPSA) is 76.3 Å². The molecular weight excluding hydrogens is 286 g/mol. The van der Waals surface area contributed by atoms with Gasteiger partial charge in [-0.3, -0.25) is 4.98 Å². The van der Waals surface area contributed by atoms with Crippen molar-refractivity contribution >= 4 is 10.0 Å². The van der Waals surface area contributed by atoms with Crippen LogP contribution in [0.4, 0.5) is 0 Å². The monoisotopic (exact) mass is 307 g/mol. The van der Waals surface area contributed by atoms with E-state index in [1.54, 1.807) is 16.6 Å². The highest BCUT2D eigenvalue weighted by Crippen LogP contribution is 2.26. The van der Waals surface area contributed by atoms with Crippen molar-refractivity contribution in [3.05, 3.63) is 24.0 Å². The maximum atomic E-state index is 12.6. The molecule has 21 heavy (non-hydrogen) atoms. The Balaban J connectivity index is 2.20. The molecule has 1 saturated heterocycles.